The molecule has 3 amide bonds. The Hall–Kier alpha value is -1.88. The summed E-state index contributed by atoms with van der Waals surface area (Å²) in [5.74, 6) is -0.0918. The van der Waals surface area contributed by atoms with Crippen LogP contribution in [0, 0.1) is 0 Å². The number of fused-ring (bicyclic) bond motifs is 5. The molecule has 0 spiro atoms. The van der Waals surface area contributed by atoms with Gasteiger partial charge in [-0.3, -0.25) is 4.79 Å². The van der Waals surface area contributed by atoms with Crippen molar-refractivity contribution in [3.05, 3.63) is 30.3 Å². The predicted molar refractivity (Wildman–Crippen MR) is 65.1 cm³/mol. The maximum absolute atomic E-state index is 12.4. The van der Waals surface area contributed by atoms with Crippen LogP contribution in [0.5, 0.6) is 0 Å². The standard InChI is InChI=1S/C13H13N3O2/c17-12-11-10-6-9(7-14-10)15(11)13(18)16(12)8-4-2-1-3-5-8/h1-5,9-11,14H,6-7H2/t9?,10?,11-/m1/s1. The summed E-state index contributed by atoms with van der Waals surface area (Å²) in [7, 11) is 0. The van der Waals surface area contributed by atoms with E-state index < -0.39 is 0 Å². The van der Waals surface area contributed by atoms with Gasteiger partial charge >= 0.3 is 6.03 Å². The molecule has 0 aromatic heterocycles. The Morgan fingerprint density at radius 2 is 1.94 bits per heavy atom. The molecule has 0 radical (unpaired) electrons. The van der Waals surface area contributed by atoms with E-state index in [1.54, 1.807) is 17.0 Å². The zero-order valence-electron chi connectivity index (χ0n) is 9.74. The van der Waals surface area contributed by atoms with Crippen molar-refractivity contribution >= 4 is 17.6 Å². The second-order valence-electron chi connectivity index (χ2n) is 5.05. The molecule has 5 heteroatoms. The maximum Gasteiger partial charge on any atom is 0.332 e. The van der Waals surface area contributed by atoms with Crippen LogP contribution in [0.2, 0.25) is 0 Å². The van der Waals surface area contributed by atoms with E-state index in [1.807, 2.05) is 18.2 Å². The monoisotopic (exact) mass is 243 g/mol. The second-order valence-corrected chi connectivity index (χ2v) is 5.05. The highest BCUT2D eigenvalue weighted by molar-refractivity contribution is 6.22. The van der Waals surface area contributed by atoms with Crippen LogP contribution in [0.4, 0.5) is 10.5 Å². The lowest BCUT2D eigenvalue weighted by Crippen LogP contribution is -2.51. The zero-order chi connectivity index (χ0) is 12.3. The molecule has 5 nitrogen and oxygen atoms in total. The summed E-state index contributed by atoms with van der Waals surface area (Å²) >= 11 is 0. The van der Waals surface area contributed by atoms with Gasteiger partial charge < -0.3 is 10.2 Å². The molecular formula is C13H13N3O2. The van der Waals surface area contributed by atoms with Gasteiger partial charge in [0, 0.05) is 18.6 Å². The first-order valence-electron chi connectivity index (χ1n) is 6.22. The average molecular weight is 243 g/mol. The highest BCUT2D eigenvalue weighted by Crippen LogP contribution is 2.37. The van der Waals surface area contributed by atoms with Gasteiger partial charge in [0.05, 0.1) is 5.69 Å². The van der Waals surface area contributed by atoms with Gasteiger partial charge in [-0.2, -0.15) is 0 Å². The number of carbonyl (C=O) groups excluding carboxylic acids is 2. The Balaban J connectivity index is 1.76. The third kappa shape index (κ3) is 1.09. The molecule has 4 rings (SSSR count). The fraction of sp³-hybridized carbons (Fsp3) is 0.385. The fourth-order valence-electron chi connectivity index (χ4n) is 3.34. The molecule has 3 aliphatic rings. The summed E-state index contributed by atoms with van der Waals surface area (Å²) in [5, 5.41) is 3.31. The first-order chi connectivity index (χ1) is 8.77. The van der Waals surface area contributed by atoms with E-state index in [2.05, 4.69) is 5.32 Å². The number of carbonyl (C=O) groups is 2. The summed E-state index contributed by atoms with van der Waals surface area (Å²) in [6.07, 6.45) is 0.908. The highest BCUT2D eigenvalue weighted by Gasteiger charge is 2.59. The number of nitrogens with zero attached hydrogens (tertiary/aromatic N) is 2. The molecule has 18 heavy (non-hydrogen) atoms. The van der Waals surface area contributed by atoms with Gasteiger partial charge in [0.25, 0.3) is 5.91 Å². The van der Waals surface area contributed by atoms with E-state index in [4.69, 9.17) is 0 Å². The number of hydrogen-bond donors (Lipinski definition) is 1. The molecule has 3 heterocycles. The summed E-state index contributed by atoms with van der Waals surface area (Å²) in [6, 6.07) is 9.02. The third-order valence-corrected chi connectivity index (χ3v) is 4.12. The zero-order valence-corrected chi connectivity index (χ0v) is 9.74. The van der Waals surface area contributed by atoms with E-state index in [-0.39, 0.29) is 30.1 Å². The van der Waals surface area contributed by atoms with Gasteiger partial charge in [-0.1, -0.05) is 18.2 Å². The van der Waals surface area contributed by atoms with Crippen LogP contribution in [0.25, 0.3) is 0 Å². The highest BCUT2D eigenvalue weighted by atomic mass is 16.2. The average Bonchev–Trinajstić information content (AvgIpc) is 3.05. The minimum absolute atomic E-state index is 0.0918. The van der Waals surface area contributed by atoms with Gasteiger partial charge in [-0.25, -0.2) is 9.69 Å². The van der Waals surface area contributed by atoms with Crippen LogP contribution in [0.3, 0.4) is 0 Å². The van der Waals surface area contributed by atoms with Gasteiger partial charge in [0.2, 0.25) is 0 Å². The van der Waals surface area contributed by atoms with E-state index in [0.717, 1.165) is 13.0 Å². The first-order valence-corrected chi connectivity index (χ1v) is 6.22. The van der Waals surface area contributed by atoms with Gasteiger partial charge in [-0.05, 0) is 18.6 Å². The molecule has 3 atom stereocenters. The predicted octanol–water partition coefficient (Wildman–Crippen LogP) is 0.568. The lowest BCUT2D eigenvalue weighted by Gasteiger charge is -2.26. The van der Waals surface area contributed by atoms with E-state index >= 15 is 0 Å². The van der Waals surface area contributed by atoms with Crippen LogP contribution in [-0.4, -0.2) is 41.5 Å². The Kier molecular flexibility index (Phi) is 1.86. The minimum Gasteiger partial charge on any atom is -0.309 e. The number of benzene rings is 1. The van der Waals surface area contributed by atoms with Crippen LogP contribution < -0.4 is 10.2 Å². The number of para-hydroxylation sites is 1. The van der Waals surface area contributed by atoms with Crippen molar-refractivity contribution in [2.45, 2.75) is 24.5 Å². The van der Waals surface area contributed by atoms with Crippen molar-refractivity contribution in [1.82, 2.24) is 10.2 Å². The summed E-state index contributed by atoms with van der Waals surface area (Å²) in [6.45, 7) is 0.808. The van der Waals surface area contributed by atoms with Gasteiger partial charge in [0.1, 0.15) is 6.04 Å². The molecule has 2 unspecified atom stereocenters. The maximum atomic E-state index is 12.4. The largest absolute Gasteiger partial charge is 0.332 e. The van der Waals surface area contributed by atoms with Gasteiger partial charge in [-0.15, -0.1) is 0 Å². The smallest absolute Gasteiger partial charge is 0.309 e. The van der Waals surface area contributed by atoms with Crippen molar-refractivity contribution in [1.29, 1.82) is 0 Å². The molecule has 3 saturated heterocycles. The molecular weight excluding hydrogens is 230 g/mol. The normalized spacial score (nSPS) is 33.4. The third-order valence-electron chi connectivity index (χ3n) is 4.12. The number of anilines is 1. The molecule has 92 valence electrons. The van der Waals surface area contributed by atoms with Crippen molar-refractivity contribution < 1.29 is 9.59 Å². The number of hydrogen-bond acceptors (Lipinski definition) is 3. The molecule has 0 aliphatic carbocycles. The van der Waals surface area contributed by atoms with E-state index in [1.165, 1.54) is 4.90 Å². The number of urea groups is 1. The number of nitrogens with one attached hydrogen (secondary N) is 1. The quantitative estimate of drug-likeness (QED) is 0.734. The lowest BCUT2D eigenvalue weighted by molar-refractivity contribution is -0.120. The van der Waals surface area contributed by atoms with Crippen LogP contribution in [0.1, 0.15) is 6.42 Å². The molecule has 1 N–H and O–H groups in total. The fourth-order valence-corrected chi connectivity index (χ4v) is 3.34. The SMILES string of the molecule is O=C1[C@H]2C3CC(CN3)N2C(=O)N1c1ccccc1. The van der Waals surface area contributed by atoms with E-state index in [9.17, 15) is 9.59 Å². The van der Waals surface area contributed by atoms with Crippen molar-refractivity contribution in [2.75, 3.05) is 11.4 Å². The number of amides is 3. The molecule has 2 bridgehead atoms. The van der Waals surface area contributed by atoms with Crippen molar-refractivity contribution in [3.63, 3.8) is 0 Å². The summed E-state index contributed by atoms with van der Waals surface area (Å²) < 4.78 is 0. The Morgan fingerprint density at radius 3 is 2.67 bits per heavy atom. The molecule has 1 aromatic carbocycles. The number of imide groups is 1. The Morgan fingerprint density at radius 1 is 1.17 bits per heavy atom. The summed E-state index contributed by atoms with van der Waals surface area (Å²) in [5.41, 5.74) is 0.668. The minimum atomic E-state index is -0.295. The first kappa shape index (κ1) is 10.1. The Labute approximate surface area is 104 Å². The lowest BCUT2D eigenvalue weighted by atomic mass is 10.1. The summed E-state index contributed by atoms with van der Waals surface area (Å²) in [4.78, 5) is 27.9. The number of rotatable bonds is 1. The van der Waals surface area contributed by atoms with Crippen LogP contribution in [0.15, 0.2) is 30.3 Å². The van der Waals surface area contributed by atoms with Crippen molar-refractivity contribution in [2.24, 2.45) is 0 Å². The molecule has 3 fully saturated rings. The van der Waals surface area contributed by atoms with Crippen LogP contribution >= 0.6 is 0 Å². The van der Waals surface area contributed by atoms with Crippen LogP contribution in [-0.2, 0) is 4.79 Å². The second kappa shape index (κ2) is 3.32. The van der Waals surface area contributed by atoms with Crippen molar-refractivity contribution in [3.8, 4) is 0 Å². The van der Waals surface area contributed by atoms with Gasteiger partial charge in [0.15, 0.2) is 0 Å². The molecule has 1 aromatic rings. The Bertz CT molecular complexity index is 502. The topological polar surface area (TPSA) is 52.7 Å². The van der Waals surface area contributed by atoms with E-state index in [0.29, 0.717) is 5.69 Å². The molecule has 3 aliphatic heterocycles. The molecule has 0 saturated carbocycles. The number of piperazine rings is 1.